The summed E-state index contributed by atoms with van der Waals surface area (Å²) in [6.07, 6.45) is 0. The summed E-state index contributed by atoms with van der Waals surface area (Å²) in [5.74, 6) is 2.02. The molecule has 33 heavy (non-hydrogen) atoms. The molecule has 3 nitrogen and oxygen atoms in total. The van der Waals surface area contributed by atoms with Gasteiger partial charge in [0.05, 0.1) is 0 Å². The van der Waals surface area contributed by atoms with Crippen molar-refractivity contribution in [2.45, 2.75) is 20.8 Å². The Morgan fingerprint density at radius 3 is 1.21 bits per heavy atom. The number of hydrogen-bond donors (Lipinski definition) is 0. The quantitative estimate of drug-likeness (QED) is 0.292. The standard InChI is InChI=1S/C28H21N3.C2H6/c1-20-17-24(21-11-5-2-6-12-21)19-25(18-20)28-30-26(22-13-7-3-8-14-22)29-27(31-28)23-15-9-4-10-16-23;1-2/h2-19H,1H3;1-2H3. The van der Waals surface area contributed by atoms with E-state index in [1.807, 2.05) is 80.6 Å². The first-order valence-corrected chi connectivity index (χ1v) is 11.3. The summed E-state index contributed by atoms with van der Waals surface area (Å²) in [5.41, 5.74) is 6.42. The van der Waals surface area contributed by atoms with Crippen LogP contribution in [-0.4, -0.2) is 15.0 Å². The second kappa shape index (κ2) is 10.5. The highest BCUT2D eigenvalue weighted by Gasteiger charge is 2.13. The van der Waals surface area contributed by atoms with Gasteiger partial charge in [-0.05, 0) is 35.7 Å². The van der Waals surface area contributed by atoms with Crippen LogP contribution in [0.1, 0.15) is 19.4 Å². The SMILES string of the molecule is CC.Cc1cc(-c2ccccc2)cc(-c2nc(-c3ccccc3)nc(-c3ccccc3)n2)c1. The molecule has 0 bridgehead atoms. The van der Waals surface area contributed by atoms with Crippen LogP contribution in [0, 0.1) is 6.92 Å². The number of nitrogens with zero attached hydrogens (tertiary/aromatic N) is 3. The van der Waals surface area contributed by atoms with Crippen LogP contribution in [-0.2, 0) is 0 Å². The fourth-order valence-electron chi connectivity index (χ4n) is 3.65. The Bertz CT molecular complexity index is 1260. The summed E-state index contributed by atoms with van der Waals surface area (Å²) in [5, 5.41) is 0. The van der Waals surface area contributed by atoms with Crippen LogP contribution in [0.3, 0.4) is 0 Å². The summed E-state index contributed by atoms with van der Waals surface area (Å²) in [4.78, 5) is 14.5. The number of rotatable bonds is 4. The average Bonchev–Trinajstić information content (AvgIpc) is 2.91. The average molecular weight is 430 g/mol. The first-order chi connectivity index (χ1) is 16.3. The van der Waals surface area contributed by atoms with Gasteiger partial charge in [-0.25, -0.2) is 15.0 Å². The second-order valence-electron chi connectivity index (χ2n) is 7.49. The molecule has 0 amide bonds. The number of benzene rings is 4. The van der Waals surface area contributed by atoms with Crippen molar-refractivity contribution in [3.63, 3.8) is 0 Å². The van der Waals surface area contributed by atoms with Gasteiger partial charge in [-0.2, -0.15) is 0 Å². The van der Waals surface area contributed by atoms with Gasteiger partial charge in [0.15, 0.2) is 17.5 Å². The van der Waals surface area contributed by atoms with E-state index in [-0.39, 0.29) is 0 Å². The van der Waals surface area contributed by atoms with Gasteiger partial charge >= 0.3 is 0 Å². The van der Waals surface area contributed by atoms with Crippen molar-refractivity contribution in [1.82, 2.24) is 15.0 Å². The number of aryl methyl sites for hydroxylation is 1. The van der Waals surface area contributed by atoms with Crippen molar-refractivity contribution in [2.24, 2.45) is 0 Å². The van der Waals surface area contributed by atoms with Crippen molar-refractivity contribution < 1.29 is 0 Å². The van der Waals surface area contributed by atoms with Gasteiger partial charge in [0.2, 0.25) is 0 Å². The maximum atomic E-state index is 4.85. The lowest BCUT2D eigenvalue weighted by atomic mass is 10.00. The van der Waals surface area contributed by atoms with Crippen molar-refractivity contribution in [2.75, 3.05) is 0 Å². The highest BCUT2D eigenvalue weighted by molar-refractivity contribution is 5.73. The molecule has 1 heterocycles. The molecule has 0 fully saturated rings. The molecule has 0 unspecified atom stereocenters. The molecule has 1 aromatic heterocycles. The van der Waals surface area contributed by atoms with E-state index in [9.17, 15) is 0 Å². The largest absolute Gasteiger partial charge is 0.208 e. The Balaban J connectivity index is 0.00000126. The van der Waals surface area contributed by atoms with E-state index in [0.717, 1.165) is 22.3 Å². The minimum absolute atomic E-state index is 0.673. The van der Waals surface area contributed by atoms with Crippen molar-refractivity contribution >= 4 is 0 Å². The normalized spacial score (nSPS) is 10.3. The Morgan fingerprint density at radius 2 is 0.758 bits per heavy atom. The molecule has 0 spiro atoms. The molecule has 0 saturated heterocycles. The van der Waals surface area contributed by atoms with Crippen LogP contribution in [0.15, 0.2) is 109 Å². The van der Waals surface area contributed by atoms with E-state index in [1.54, 1.807) is 0 Å². The molecule has 0 radical (unpaired) electrons. The van der Waals surface area contributed by atoms with E-state index < -0.39 is 0 Å². The minimum atomic E-state index is 0.673. The molecule has 3 heteroatoms. The third-order valence-electron chi connectivity index (χ3n) is 5.14. The maximum Gasteiger partial charge on any atom is 0.164 e. The maximum absolute atomic E-state index is 4.85. The van der Waals surface area contributed by atoms with Crippen LogP contribution in [0.5, 0.6) is 0 Å². The predicted molar refractivity (Wildman–Crippen MR) is 138 cm³/mol. The smallest absolute Gasteiger partial charge is 0.164 e. The fourth-order valence-corrected chi connectivity index (χ4v) is 3.65. The van der Waals surface area contributed by atoms with Crippen molar-refractivity contribution in [3.05, 3.63) is 115 Å². The Labute approximate surface area is 195 Å². The fraction of sp³-hybridized carbons (Fsp3) is 0.100. The van der Waals surface area contributed by atoms with E-state index in [2.05, 4.69) is 49.4 Å². The lowest BCUT2D eigenvalue weighted by molar-refractivity contribution is 1.07. The van der Waals surface area contributed by atoms with Crippen molar-refractivity contribution in [1.29, 1.82) is 0 Å². The Morgan fingerprint density at radius 1 is 0.394 bits per heavy atom. The van der Waals surface area contributed by atoms with Crippen molar-refractivity contribution in [3.8, 4) is 45.3 Å². The van der Waals surface area contributed by atoms with Crippen LogP contribution >= 0.6 is 0 Å². The Kier molecular flexibility index (Phi) is 7.01. The highest BCUT2D eigenvalue weighted by atomic mass is 15.0. The predicted octanol–water partition coefficient (Wildman–Crippen LogP) is 7.87. The topological polar surface area (TPSA) is 38.7 Å². The van der Waals surface area contributed by atoms with E-state index in [1.165, 1.54) is 11.1 Å². The zero-order valence-corrected chi connectivity index (χ0v) is 19.2. The van der Waals surface area contributed by atoms with Gasteiger partial charge in [-0.3, -0.25) is 0 Å². The second-order valence-corrected chi connectivity index (χ2v) is 7.49. The molecule has 0 saturated carbocycles. The summed E-state index contributed by atoms with van der Waals surface area (Å²) in [6.45, 7) is 6.10. The van der Waals surface area contributed by atoms with Gasteiger partial charge < -0.3 is 0 Å². The van der Waals surface area contributed by atoms with Gasteiger partial charge in [0.25, 0.3) is 0 Å². The van der Waals surface area contributed by atoms with Crippen LogP contribution < -0.4 is 0 Å². The van der Waals surface area contributed by atoms with Crippen LogP contribution in [0.4, 0.5) is 0 Å². The first kappa shape index (κ1) is 22.1. The molecule has 162 valence electrons. The van der Waals surface area contributed by atoms with Gasteiger partial charge in [0, 0.05) is 16.7 Å². The zero-order valence-electron chi connectivity index (χ0n) is 19.2. The third kappa shape index (κ3) is 5.21. The summed E-state index contributed by atoms with van der Waals surface area (Å²) in [6, 6.07) is 37.0. The van der Waals surface area contributed by atoms with Gasteiger partial charge in [0.1, 0.15) is 0 Å². The Hall–Kier alpha value is -4.11. The van der Waals surface area contributed by atoms with Gasteiger partial charge in [-0.1, -0.05) is 111 Å². The third-order valence-corrected chi connectivity index (χ3v) is 5.14. The lowest BCUT2D eigenvalue weighted by Gasteiger charge is -2.10. The monoisotopic (exact) mass is 429 g/mol. The summed E-state index contributed by atoms with van der Waals surface area (Å²) in [7, 11) is 0. The van der Waals surface area contributed by atoms with E-state index in [4.69, 9.17) is 15.0 Å². The molecular formula is C30H27N3. The van der Waals surface area contributed by atoms with E-state index in [0.29, 0.717) is 17.5 Å². The molecule has 0 aliphatic heterocycles. The molecule has 0 aliphatic carbocycles. The number of hydrogen-bond acceptors (Lipinski definition) is 3. The van der Waals surface area contributed by atoms with Crippen LogP contribution in [0.25, 0.3) is 45.3 Å². The van der Waals surface area contributed by atoms with Gasteiger partial charge in [-0.15, -0.1) is 0 Å². The highest BCUT2D eigenvalue weighted by Crippen LogP contribution is 2.29. The molecular weight excluding hydrogens is 402 g/mol. The molecule has 0 aliphatic rings. The number of aromatic nitrogens is 3. The molecule has 4 aromatic carbocycles. The molecule has 5 rings (SSSR count). The first-order valence-electron chi connectivity index (χ1n) is 11.3. The molecule has 0 atom stereocenters. The summed E-state index contributed by atoms with van der Waals surface area (Å²) < 4.78 is 0. The minimum Gasteiger partial charge on any atom is -0.208 e. The van der Waals surface area contributed by atoms with E-state index >= 15 is 0 Å². The molecule has 0 N–H and O–H groups in total. The zero-order chi connectivity index (χ0) is 23.0. The molecule has 5 aromatic rings. The summed E-state index contributed by atoms with van der Waals surface area (Å²) >= 11 is 0. The lowest BCUT2D eigenvalue weighted by Crippen LogP contribution is -2.00. The van der Waals surface area contributed by atoms with Crippen LogP contribution in [0.2, 0.25) is 0 Å².